The largest absolute Gasteiger partial charge is 0.347 e. The first kappa shape index (κ1) is 18.7. The molecule has 0 unspecified atom stereocenters. The fourth-order valence-corrected chi connectivity index (χ4v) is 4.64. The molecule has 0 saturated heterocycles. The van der Waals surface area contributed by atoms with Crippen LogP contribution in [0.4, 0.5) is 5.69 Å². The maximum atomic E-state index is 13.1. The number of allylic oxidation sites excluding steroid dienone is 2. The van der Waals surface area contributed by atoms with E-state index in [-0.39, 0.29) is 11.0 Å². The van der Waals surface area contributed by atoms with E-state index in [9.17, 15) is 4.79 Å². The summed E-state index contributed by atoms with van der Waals surface area (Å²) in [5, 5.41) is 5.86. The zero-order valence-electron chi connectivity index (χ0n) is 17.1. The minimum absolute atomic E-state index is 0.126. The molecule has 144 valence electrons. The van der Waals surface area contributed by atoms with Crippen LogP contribution in [0.5, 0.6) is 0 Å². The lowest BCUT2D eigenvalue weighted by Gasteiger charge is -2.23. The first-order valence-corrected chi connectivity index (χ1v) is 10.5. The van der Waals surface area contributed by atoms with Gasteiger partial charge < -0.3 is 4.90 Å². The molecular weight excluding hydrogens is 368 g/mol. The van der Waals surface area contributed by atoms with Crippen LogP contribution in [0.2, 0.25) is 0 Å². The van der Waals surface area contributed by atoms with Gasteiger partial charge in [0, 0.05) is 29.4 Å². The second kappa shape index (κ2) is 6.48. The monoisotopic (exact) mass is 392 g/mol. The van der Waals surface area contributed by atoms with Gasteiger partial charge in [0.25, 0.3) is 5.56 Å². The van der Waals surface area contributed by atoms with Crippen LogP contribution in [0, 0.1) is 13.8 Å². The van der Waals surface area contributed by atoms with Gasteiger partial charge in [-0.3, -0.25) is 4.79 Å². The molecule has 1 aromatic carbocycles. The van der Waals surface area contributed by atoms with Gasteiger partial charge in [-0.05, 0) is 43.9 Å². The van der Waals surface area contributed by atoms with Crippen molar-refractivity contribution in [2.75, 3.05) is 18.2 Å². The van der Waals surface area contributed by atoms with Crippen molar-refractivity contribution in [2.45, 2.75) is 38.1 Å². The molecule has 4 rings (SSSR count). The number of anilines is 1. The molecule has 0 bridgehead atoms. The minimum atomic E-state index is -0.134. The SMILES string of the molecule is CSc1nn2c(=O)c(=CC=C3N(C)c4ccccc4C3(C)C)c(C)nc2c1C. The van der Waals surface area contributed by atoms with Crippen LogP contribution in [0.3, 0.4) is 0 Å². The molecule has 5 nitrogen and oxygen atoms in total. The van der Waals surface area contributed by atoms with Gasteiger partial charge in [-0.25, -0.2) is 4.98 Å². The number of para-hydroxylation sites is 1. The van der Waals surface area contributed by atoms with Crippen molar-refractivity contribution in [2.24, 2.45) is 0 Å². The molecule has 0 spiro atoms. The summed E-state index contributed by atoms with van der Waals surface area (Å²) in [6.07, 6.45) is 5.89. The average Bonchev–Trinajstić information content (AvgIpc) is 3.08. The highest BCUT2D eigenvalue weighted by atomic mass is 32.2. The molecule has 0 N–H and O–H groups in total. The Bertz CT molecular complexity index is 1240. The van der Waals surface area contributed by atoms with Crippen LogP contribution < -0.4 is 15.7 Å². The number of thioether (sulfide) groups is 1. The number of rotatable bonds is 2. The van der Waals surface area contributed by atoms with Crippen LogP contribution in [0.1, 0.15) is 30.7 Å². The zero-order valence-corrected chi connectivity index (χ0v) is 17.9. The number of hydrogen-bond acceptors (Lipinski definition) is 5. The minimum Gasteiger partial charge on any atom is -0.347 e. The van der Waals surface area contributed by atoms with Crippen molar-refractivity contribution < 1.29 is 0 Å². The third-order valence-electron chi connectivity index (χ3n) is 5.68. The normalized spacial score (nSPS) is 17.7. The Morgan fingerprint density at radius 3 is 2.54 bits per heavy atom. The Balaban J connectivity index is 1.91. The summed E-state index contributed by atoms with van der Waals surface area (Å²) in [5.74, 6) is 0. The predicted molar refractivity (Wildman–Crippen MR) is 116 cm³/mol. The quantitative estimate of drug-likeness (QED) is 0.627. The fraction of sp³-hybridized carbons (Fsp3) is 0.318. The number of nitrogens with zero attached hydrogens (tertiary/aromatic N) is 4. The summed E-state index contributed by atoms with van der Waals surface area (Å²) < 4.78 is 1.43. The highest BCUT2D eigenvalue weighted by molar-refractivity contribution is 7.98. The van der Waals surface area contributed by atoms with Gasteiger partial charge in [0.05, 0.1) is 10.9 Å². The summed E-state index contributed by atoms with van der Waals surface area (Å²) in [7, 11) is 2.07. The number of aromatic nitrogens is 3. The van der Waals surface area contributed by atoms with E-state index in [1.54, 1.807) is 0 Å². The molecule has 6 heteroatoms. The summed E-state index contributed by atoms with van der Waals surface area (Å²) in [5.41, 5.74) is 5.69. The Kier molecular flexibility index (Phi) is 4.34. The first-order chi connectivity index (χ1) is 13.3. The third-order valence-corrected chi connectivity index (χ3v) is 6.45. The summed E-state index contributed by atoms with van der Waals surface area (Å²) in [6.45, 7) is 8.26. The molecule has 0 radical (unpaired) electrons. The zero-order chi connectivity index (χ0) is 20.2. The summed E-state index contributed by atoms with van der Waals surface area (Å²) in [4.78, 5) is 19.9. The summed E-state index contributed by atoms with van der Waals surface area (Å²) >= 11 is 1.53. The smallest absolute Gasteiger partial charge is 0.282 e. The van der Waals surface area contributed by atoms with Crippen molar-refractivity contribution >= 4 is 29.2 Å². The average molecular weight is 393 g/mol. The van der Waals surface area contributed by atoms with E-state index in [0.717, 1.165) is 22.0 Å². The van der Waals surface area contributed by atoms with Crippen molar-refractivity contribution in [1.82, 2.24) is 14.6 Å². The molecular formula is C22H24N4OS. The first-order valence-electron chi connectivity index (χ1n) is 9.27. The molecule has 1 aliphatic rings. The van der Waals surface area contributed by atoms with Crippen molar-refractivity contribution in [3.63, 3.8) is 0 Å². The van der Waals surface area contributed by atoms with Crippen LogP contribution in [-0.4, -0.2) is 27.9 Å². The van der Waals surface area contributed by atoms with E-state index in [2.05, 4.69) is 60.1 Å². The van der Waals surface area contributed by atoms with E-state index < -0.39 is 0 Å². The highest BCUT2D eigenvalue weighted by Crippen LogP contribution is 2.46. The lowest BCUT2D eigenvalue weighted by molar-refractivity contribution is 0.641. The van der Waals surface area contributed by atoms with Crippen LogP contribution in [0.15, 0.2) is 45.9 Å². The van der Waals surface area contributed by atoms with Gasteiger partial charge in [-0.2, -0.15) is 9.61 Å². The Labute approximate surface area is 168 Å². The Hall–Kier alpha value is -2.60. The van der Waals surface area contributed by atoms with Crippen LogP contribution in [-0.2, 0) is 5.41 Å². The Morgan fingerprint density at radius 2 is 1.86 bits per heavy atom. The summed E-state index contributed by atoms with van der Waals surface area (Å²) in [6, 6.07) is 8.43. The fourth-order valence-electron chi connectivity index (χ4n) is 4.08. The number of benzene rings is 1. The number of fused-ring (bicyclic) bond motifs is 2. The maximum Gasteiger partial charge on any atom is 0.282 e. The van der Waals surface area contributed by atoms with Crippen LogP contribution in [0.25, 0.3) is 11.7 Å². The lowest BCUT2D eigenvalue weighted by Crippen LogP contribution is -2.34. The number of aryl methyl sites for hydroxylation is 2. The van der Waals surface area contributed by atoms with Gasteiger partial charge >= 0.3 is 0 Å². The predicted octanol–water partition coefficient (Wildman–Crippen LogP) is 3.24. The molecule has 0 aliphatic carbocycles. The maximum absolute atomic E-state index is 13.1. The van der Waals surface area contributed by atoms with Crippen molar-refractivity contribution in [3.8, 4) is 0 Å². The van der Waals surface area contributed by atoms with Crippen LogP contribution >= 0.6 is 11.8 Å². The van der Waals surface area contributed by atoms with Crippen molar-refractivity contribution in [3.05, 3.63) is 68.4 Å². The van der Waals surface area contributed by atoms with E-state index >= 15 is 0 Å². The second-order valence-electron chi connectivity index (χ2n) is 7.71. The number of hydrogen-bond donors (Lipinski definition) is 0. The standard InChI is InChI=1S/C22H24N4OS/c1-13-19-23-14(2)15(21(27)26(19)24-20(13)28-6)11-12-18-22(3,4)16-9-7-8-10-17(16)25(18)5/h7-12H,1-6H3. The van der Waals surface area contributed by atoms with E-state index in [0.29, 0.717) is 10.9 Å². The van der Waals surface area contributed by atoms with Gasteiger partial charge in [-0.15, -0.1) is 11.8 Å². The topological polar surface area (TPSA) is 50.5 Å². The van der Waals surface area contributed by atoms with E-state index in [1.165, 1.54) is 27.5 Å². The second-order valence-corrected chi connectivity index (χ2v) is 8.50. The molecule has 3 aromatic rings. The van der Waals surface area contributed by atoms with Gasteiger partial charge in [0.2, 0.25) is 0 Å². The molecule has 0 amide bonds. The van der Waals surface area contributed by atoms with Gasteiger partial charge in [0.15, 0.2) is 5.65 Å². The van der Waals surface area contributed by atoms with Crippen molar-refractivity contribution in [1.29, 1.82) is 0 Å². The Morgan fingerprint density at radius 1 is 1.14 bits per heavy atom. The van der Waals surface area contributed by atoms with Gasteiger partial charge in [-0.1, -0.05) is 32.0 Å². The molecule has 3 heterocycles. The molecule has 0 fully saturated rings. The molecule has 28 heavy (non-hydrogen) atoms. The highest BCUT2D eigenvalue weighted by Gasteiger charge is 2.37. The molecule has 0 atom stereocenters. The third kappa shape index (κ3) is 2.58. The number of likely N-dealkylation sites (N-methyl/N-ethyl adjacent to an activating group) is 1. The van der Waals surface area contributed by atoms with Gasteiger partial charge in [0.1, 0.15) is 5.03 Å². The molecule has 2 aromatic heterocycles. The molecule has 0 saturated carbocycles. The lowest BCUT2D eigenvalue weighted by atomic mass is 9.84. The van der Waals surface area contributed by atoms with E-state index in [4.69, 9.17) is 0 Å². The molecule has 1 aliphatic heterocycles. The van der Waals surface area contributed by atoms with E-state index in [1.807, 2.05) is 32.3 Å².